The summed E-state index contributed by atoms with van der Waals surface area (Å²) in [7, 11) is 0. The molecule has 1 aromatic heterocycles. The van der Waals surface area contributed by atoms with E-state index < -0.39 is 5.41 Å². The Morgan fingerprint density at radius 2 is 1.96 bits per heavy atom. The lowest BCUT2D eigenvalue weighted by Crippen LogP contribution is -2.52. The second-order valence-corrected chi connectivity index (χ2v) is 7.17. The van der Waals surface area contributed by atoms with Gasteiger partial charge >= 0.3 is 0 Å². The fraction of sp³-hybridized carbons (Fsp3) is 0.765. The van der Waals surface area contributed by atoms with Gasteiger partial charge in [0.1, 0.15) is 5.41 Å². The zero-order valence-corrected chi connectivity index (χ0v) is 14.5. The largest absolute Gasteiger partial charge is 0.339 e. The van der Waals surface area contributed by atoms with Gasteiger partial charge in [-0.3, -0.25) is 9.69 Å². The third kappa shape index (κ3) is 3.29. The molecule has 0 bridgehead atoms. The van der Waals surface area contributed by atoms with Crippen LogP contribution in [0.5, 0.6) is 0 Å². The average molecular weight is 331 g/mol. The fourth-order valence-electron chi connectivity index (χ4n) is 3.52. The second kappa shape index (κ2) is 6.89. The van der Waals surface area contributed by atoms with E-state index >= 15 is 0 Å². The Bertz CT molecular complexity index is 619. The molecule has 0 atom stereocenters. The quantitative estimate of drug-likeness (QED) is 0.838. The van der Waals surface area contributed by atoms with E-state index in [0.717, 1.165) is 31.8 Å². The lowest BCUT2D eigenvalue weighted by molar-refractivity contribution is -0.140. The van der Waals surface area contributed by atoms with Crippen molar-refractivity contribution in [2.45, 2.75) is 52.0 Å². The van der Waals surface area contributed by atoms with Gasteiger partial charge in [-0.05, 0) is 12.8 Å². The molecule has 0 unspecified atom stereocenters. The maximum Gasteiger partial charge on any atom is 0.243 e. The third-order valence-electron chi connectivity index (χ3n) is 5.10. The maximum absolute atomic E-state index is 12.7. The number of aromatic nitrogens is 2. The highest BCUT2D eigenvalue weighted by Gasteiger charge is 2.44. The first kappa shape index (κ1) is 16.9. The van der Waals surface area contributed by atoms with Crippen LogP contribution in [0.4, 0.5) is 0 Å². The molecule has 1 saturated carbocycles. The molecular formula is C17H25N5O2. The van der Waals surface area contributed by atoms with Gasteiger partial charge in [0.05, 0.1) is 12.6 Å². The maximum atomic E-state index is 12.7. The van der Waals surface area contributed by atoms with Gasteiger partial charge in [0.25, 0.3) is 0 Å². The van der Waals surface area contributed by atoms with Gasteiger partial charge in [-0.1, -0.05) is 31.8 Å². The van der Waals surface area contributed by atoms with Crippen LogP contribution < -0.4 is 0 Å². The standard InChI is InChI=1S/C17H25N5O2/c1-13(2)15-19-14(24-20-15)11-21-7-9-22(10-8-21)16(23)17(12-18)5-3-4-6-17/h13H,3-11H2,1-2H3. The van der Waals surface area contributed by atoms with Crippen LogP contribution in [0.25, 0.3) is 0 Å². The molecule has 1 saturated heterocycles. The zero-order valence-electron chi connectivity index (χ0n) is 14.5. The average Bonchev–Trinajstić information content (AvgIpc) is 3.25. The number of carbonyl (C=O) groups excluding carboxylic acids is 1. The number of hydrogen-bond donors (Lipinski definition) is 0. The molecule has 24 heavy (non-hydrogen) atoms. The van der Waals surface area contributed by atoms with Crippen molar-refractivity contribution in [3.05, 3.63) is 11.7 Å². The molecule has 0 spiro atoms. The van der Waals surface area contributed by atoms with Gasteiger partial charge in [-0.2, -0.15) is 10.2 Å². The first-order valence-corrected chi connectivity index (χ1v) is 8.79. The van der Waals surface area contributed by atoms with E-state index in [2.05, 4.69) is 21.1 Å². The fourth-order valence-corrected chi connectivity index (χ4v) is 3.52. The summed E-state index contributed by atoms with van der Waals surface area (Å²) in [6.07, 6.45) is 3.38. The van der Waals surface area contributed by atoms with Crippen molar-refractivity contribution in [2.75, 3.05) is 26.2 Å². The van der Waals surface area contributed by atoms with Crippen LogP contribution in [0.15, 0.2) is 4.52 Å². The van der Waals surface area contributed by atoms with Crippen molar-refractivity contribution in [2.24, 2.45) is 5.41 Å². The van der Waals surface area contributed by atoms with Crippen LogP contribution in [0.1, 0.15) is 57.2 Å². The highest BCUT2D eigenvalue weighted by Crippen LogP contribution is 2.39. The van der Waals surface area contributed by atoms with Gasteiger partial charge in [-0.25, -0.2) is 0 Å². The molecule has 2 aliphatic rings. The minimum Gasteiger partial charge on any atom is -0.339 e. The molecule has 7 nitrogen and oxygen atoms in total. The van der Waals surface area contributed by atoms with Crippen molar-refractivity contribution >= 4 is 5.91 Å². The van der Waals surface area contributed by atoms with Gasteiger partial charge in [0.2, 0.25) is 11.8 Å². The van der Waals surface area contributed by atoms with E-state index in [9.17, 15) is 10.1 Å². The highest BCUT2D eigenvalue weighted by molar-refractivity contribution is 5.86. The summed E-state index contributed by atoms with van der Waals surface area (Å²) in [5.41, 5.74) is -0.763. The minimum absolute atomic E-state index is 0.0297. The second-order valence-electron chi connectivity index (χ2n) is 7.17. The van der Waals surface area contributed by atoms with Crippen LogP contribution in [0, 0.1) is 16.7 Å². The summed E-state index contributed by atoms with van der Waals surface area (Å²) in [4.78, 5) is 21.2. The lowest BCUT2D eigenvalue weighted by Gasteiger charge is -2.37. The van der Waals surface area contributed by atoms with E-state index in [-0.39, 0.29) is 11.8 Å². The Balaban J connectivity index is 1.54. The van der Waals surface area contributed by atoms with Crippen molar-refractivity contribution in [1.82, 2.24) is 19.9 Å². The van der Waals surface area contributed by atoms with Crippen LogP contribution in [0.3, 0.4) is 0 Å². The summed E-state index contributed by atoms with van der Waals surface area (Å²) in [5.74, 6) is 1.64. The number of rotatable bonds is 4. The molecule has 0 aromatic carbocycles. The van der Waals surface area contributed by atoms with E-state index in [1.54, 1.807) is 0 Å². The minimum atomic E-state index is -0.763. The number of carbonyl (C=O) groups is 1. The third-order valence-corrected chi connectivity index (χ3v) is 5.10. The molecule has 7 heteroatoms. The van der Waals surface area contributed by atoms with Crippen molar-refractivity contribution in [1.29, 1.82) is 5.26 Å². The van der Waals surface area contributed by atoms with Gasteiger partial charge < -0.3 is 9.42 Å². The van der Waals surface area contributed by atoms with Crippen molar-refractivity contribution < 1.29 is 9.32 Å². The number of amides is 1. The van der Waals surface area contributed by atoms with Crippen LogP contribution in [0.2, 0.25) is 0 Å². The van der Waals surface area contributed by atoms with Gasteiger partial charge in [0, 0.05) is 32.1 Å². The highest BCUT2D eigenvalue weighted by atomic mass is 16.5. The van der Waals surface area contributed by atoms with Crippen LogP contribution in [-0.4, -0.2) is 52.0 Å². The SMILES string of the molecule is CC(C)c1noc(CN2CCN(C(=O)C3(C#N)CCCC3)CC2)n1. The molecule has 130 valence electrons. The molecule has 1 amide bonds. The van der Waals surface area contributed by atoms with Crippen LogP contribution in [-0.2, 0) is 11.3 Å². The van der Waals surface area contributed by atoms with Crippen molar-refractivity contribution in [3.63, 3.8) is 0 Å². The number of nitriles is 1. The first-order valence-electron chi connectivity index (χ1n) is 8.79. The monoisotopic (exact) mass is 331 g/mol. The molecule has 2 fully saturated rings. The smallest absolute Gasteiger partial charge is 0.243 e. The Labute approximate surface area is 142 Å². The summed E-state index contributed by atoms with van der Waals surface area (Å²) >= 11 is 0. The Morgan fingerprint density at radius 1 is 1.29 bits per heavy atom. The molecule has 1 aliphatic heterocycles. The van der Waals surface area contributed by atoms with Crippen molar-refractivity contribution in [3.8, 4) is 6.07 Å². The molecule has 1 aliphatic carbocycles. The molecule has 0 radical (unpaired) electrons. The lowest BCUT2D eigenvalue weighted by atomic mass is 9.86. The summed E-state index contributed by atoms with van der Waals surface area (Å²) < 4.78 is 5.29. The molecule has 0 N–H and O–H groups in total. The first-order chi connectivity index (χ1) is 11.5. The molecular weight excluding hydrogens is 306 g/mol. The number of nitrogens with zero attached hydrogens (tertiary/aromatic N) is 5. The molecule has 2 heterocycles. The zero-order chi connectivity index (χ0) is 17.2. The summed E-state index contributed by atoms with van der Waals surface area (Å²) in [6.45, 7) is 7.55. The topological polar surface area (TPSA) is 86.3 Å². The summed E-state index contributed by atoms with van der Waals surface area (Å²) in [6, 6.07) is 2.30. The Kier molecular flexibility index (Phi) is 4.86. The van der Waals surface area contributed by atoms with E-state index in [1.165, 1.54) is 0 Å². The van der Waals surface area contributed by atoms with E-state index in [1.807, 2.05) is 18.7 Å². The normalized spacial score (nSPS) is 21.2. The van der Waals surface area contributed by atoms with E-state index in [4.69, 9.17) is 4.52 Å². The predicted octanol–water partition coefficient (Wildman–Crippen LogP) is 1.92. The molecule has 1 aromatic rings. The predicted molar refractivity (Wildman–Crippen MR) is 86.8 cm³/mol. The van der Waals surface area contributed by atoms with Gasteiger partial charge in [0.15, 0.2) is 5.82 Å². The molecule has 3 rings (SSSR count). The summed E-state index contributed by atoms with van der Waals surface area (Å²) in [5, 5.41) is 13.5. The van der Waals surface area contributed by atoms with Gasteiger partial charge in [-0.15, -0.1) is 0 Å². The van der Waals surface area contributed by atoms with E-state index in [0.29, 0.717) is 38.4 Å². The number of piperazine rings is 1. The Hall–Kier alpha value is -1.94. The number of hydrogen-bond acceptors (Lipinski definition) is 6. The van der Waals surface area contributed by atoms with Crippen LogP contribution >= 0.6 is 0 Å². The Morgan fingerprint density at radius 3 is 2.50 bits per heavy atom.